The summed E-state index contributed by atoms with van der Waals surface area (Å²) in [5.74, 6) is 0.380. The van der Waals surface area contributed by atoms with Crippen LogP contribution < -0.4 is 20.3 Å². The number of hydrogen-bond acceptors (Lipinski definition) is 5. The number of nitrogens with zero attached hydrogens (tertiary/aromatic N) is 1. The van der Waals surface area contributed by atoms with Crippen molar-refractivity contribution >= 4 is 34.6 Å². The van der Waals surface area contributed by atoms with Crippen LogP contribution in [0.5, 0.6) is 5.75 Å². The van der Waals surface area contributed by atoms with Gasteiger partial charge < -0.3 is 19.7 Å². The van der Waals surface area contributed by atoms with Gasteiger partial charge in [-0.3, -0.25) is 10.1 Å². The van der Waals surface area contributed by atoms with Crippen LogP contribution in [0.1, 0.15) is 5.56 Å². The monoisotopic (exact) mass is 385 g/mol. The van der Waals surface area contributed by atoms with Crippen LogP contribution in [-0.2, 0) is 9.53 Å². The Balaban J connectivity index is 1.45. The molecule has 1 aliphatic heterocycles. The molecule has 0 atom stereocenters. The highest BCUT2D eigenvalue weighted by Crippen LogP contribution is 2.19. The lowest BCUT2D eigenvalue weighted by Gasteiger charge is -2.28. The molecular formula is C20H23N3O3S. The number of ether oxygens (including phenoxy) is 2. The summed E-state index contributed by atoms with van der Waals surface area (Å²) in [6.07, 6.45) is 0. The molecule has 1 heterocycles. The first-order chi connectivity index (χ1) is 13.1. The van der Waals surface area contributed by atoms with Gasteiger partial charge in [-0.2, -0.15) is 0 Å². The van der Waals surface area contributed by atoms with Crippen LogP contribution in [0.2, 0.25) is 0 Å². The lowest BCUT2D eigenvalue weighted by Crippen LogP contribution is -2.37. The molecule has 1 aliphatic rings. The van der Waals surface area contributed by atoms with Crippen LogP contribution in [0.3, 0.4) is 0 Å². The van der Waals surface area contributed by atoms with Crippen molar-refractivity contribution in [2.24, 2.45) is 0 Å². The summed E-state index contributed by atoms with van der Waals surface area (Å²) in [5, 5.41) is 5.88. The first kappa shape index (κ1) is 19.1. The molecule has 2 aromatic carbocycles. The first-order valence-corrected chi connectivity index (χ1v) is 9.24. The van der Waals surface area contributed by atoms with Gasteiger partial charge in [-0.15, -0.1) is 0 Å². The van der Waals surface area contributed by atoms with Crippen molar-refractivity contribution in [2.75, 3.05) is 43.1 Å². The van der Waals surface area contributed by atoms with Crippen LogP contribution in [0.15, 0.2) is 48.5 Å². The van der Waals surface area contributed by atoms with E-state index in [9.17, 15) is 4.79 Å². The second-order valence-corrected chi connectivity index (χ2v) is 6.61. The van der Waals surface area contributed by atoms with Gasteiger partial charge in [0.15, 0.2) is 11.7 Å². The van der Waals surface area contributed by atoms with E-state index in [1.54, 1.807) is 0 Å². The van der Waals surface area contributed by atoms with Crippen LogP contribution in [0.4, 0.5) is 11.4 Å². The van der Waals surface area contributed by atoms with Gasteiger partial charge in [0, 0.05) is 24.5 Å². The minimum atomic E-state index is -0.305. The zero-order chi connectivity index (χ0) is 19.1. The van der Waals surface area contributed by atoms with E-state index in [1.807, 2.05) is 55.5 Å². The predicted molar refractivity (Wildman–Crippen MR) is 111 cm³/mol. The van der Waals surface area contributed by atoms with E-state index in [1.165, 1.54) is 0 Å². The van der Waals surface area contributed by atoms with Crippen molar-refractivity contribution in [3.05, 3.63) is 54.1 Å². The number of morpholine rings is 1. The van der Waals surface area contributed by atoms with Crippen molar-refractivity contribution in [1.82, 2.24) is 5.32 Å². The summed E-state index contributed by atoms with van der Waals surface area (Å²) in [6.45, 7) is 5.12. The molecular weight excluding hydrogens is 362 g/mol. The molecule has 1 saturated heterocycles. The lowest BCUT2D eigenvalue weighted by molar-refractivity contribution is -0.121. The number of para-hydroxylation sites is 1. The van der Waals surface area contributed by atoms with Crippen molar-refractivity contribution in [3.63, 3.8) is 0 Å². The molecule has 2 aromatic rings. The molecule has 27 heavy (non-hydrogen) atoms. The van der Waals surface area contributed by atoms with Gasteiger partial charge in [0.25, 0.3) is 5.91 Å². The SMILES string of the molecule is Cc1ccccc1OCC(=O)NC(=S)Nc1ccc(N2CCOCC2)cc1. The summed E-state index contributed by atoms with van der Waals surface area (Å²) in [5.41, 5.74) is 2.94. The third kappa shape index (κ3) is 5.67. The van der Waals surface area contributed by atoms with Gasteiger partial charge in [0.05, 0.1) is 13.2 Å². The Labute approximate surface area is 164 Å². The average Bonchev–Trinajstić information content (AvgIpc) is 2.68. The fraction of sp³-hybridized carbons (Fsp3) is 0.300. The van der Waals surface area contributed by atoms with E-state index in [-0.39, 0.29) is 17.6 Å². The molecule has 0 bridgehead atoms. The van der Waals surface area contributed by atoms with Gasteiger partial charge in [0.2, 0.25) is 0 Å². The maximum atomic E-state index is 12.0. The van der Waals surface area contributed by atoms with E-state index in [0.29, 0.717) is 5.75 Å². The molecule has 7 heteroatoms. The van der Waals surface area contributed by atoms with Gasteiger partial charge in [-0.1, -0.05) is 18.2 Å². The molecule has 1 fully saturated rings. The lowest BCUT2D eigenvalue weighted by atomic mass is 10.2. The molecule has 0 saturated carbocycles. The van der Waals surface area contributed by atoms with Crippen LogP contribution in [0, 0.1) is 6.92 Å². The molecule has 0 aromatic heterocycles. The number of amides is 1. The number of nitrogens with one attached hydrogen (secondary N) is 2. The largest absolute Gasteiger partial charge is 0.483 e. The first-order valence-electron chi connectivity index (χ1n) is 8.84. The fourth-order valence-electron chi connectivity index (χ4n) is 2.76. The Morgan fingerprint density at radius 2 is 1.85 bits per heavy atom. The molecule has 2 N–H and O–H groups in total. The van der Waals surface area contributed by atoms with E-state index in [4.69, 9.17) is 21.7 Å². The maximum Gasteiger partial charge on any atom is 0.264 e. The molecule has 0 unspecified atom stereocenters. The summed E-state index contributed by atoms with van der Waals surface area (Å²) in [6, 6.07) is 15.5. The van der Waals surface area contributed by atoms with Crippen LogP contribution in [-0.4, -0.2) is 43.9 Å². The van der Waals surface area contributed by atoms with Crippen molar-refractivity contribution in [3.8, 4) is 5.75 Å². The van der Waals surface area contributed by atoms with Gasteiger partial charge in [-0.05, 0) is 55.0 Å². The number of anilines is 2. The maximum absolute atomic E-state index is 12.0. The molecule has 0 radical (unpaired) electrons. The smallest absolute Gasteiger partial charge is 0.264 e. The molecule has 0 aliphatic carbocycles. The standard InChI is InChI=1S/C20H23N3O3S/c1-15-4-2-3-5-18(15)26-14-19(24)22-20(27)21-16-6-8-17(9-7-16)23-10-12-25-13-11-23/h2-9H,10-14H2,1H3,(H2,21,22,24,27). The topological polar surface area (TPSA) is 62.8 Å². The quantitative estimate of drug-likeness (QED) is 0.772. The van der Waals surface area contributed by atoms with Gasteiger partial charge in [-0.25, -0.2) is 0 Å². The van der Waals surface area contributed by atoms with E-state index in [0.717, 1.165) is 43.2 Å². The summed E-state index contributed by atoms with van der Waals surface area (Å²) >= 11 is 5.20. The summed E-state index contributed by atoms with van der Waals surface area (Å²) in [7, 11) is 0. The minimum absolute atomic E-state index is 0.0946. The molecule has 0 spiro atoms. The number of thiocarbonyl (C=S) groups is 1. The Kier molecular flexibility index (Phi) is 6.62. The zero-order valence-electron chi connectivity index (χ0n) is 15.2. The number of aryl methyl sites for hydroxylation is 1. The summed E-state index contributed by atoms with van der Waals surface area (Å²) < 4.78 is 10.9. The second kappa shape index (κ2) is 9.34. The van der Waals surface area contributed by atoms with Gasteiger partial charge >= 0.3 is 0 Å². The van der Waals surface area contributed by atoms with Crippen LogP contribution in [0.25, 0.3) is 0 Å². The molecule has 142 valence electrons. The molecule has 3 rings (SSSR count). The number of hydrogen-bond donors (Lipinski definition) is 2. The number of carbonyl (C=O) groups is 1. The van der Waals surface area contributed by atoms with Crippen molar-refractivity contribution in [2.45, 2.75) is 6.92 Å². The van der Waals surface area contributed by atoms with E-state index < -0.39 is 0 Å². The third-order valence-electron chi connectivity index (χ3n) is 4.21. The Hall–Kier alpha value is -2.64. The Morgan fingerprint density at radius 3 is 2.56 bits per heavy atom. The highest BCUT2D eigenvalue weighted by atomic mass is 32.1. The molecule has 6 nitrogen and oxygen atoms in total. The highest BCUT2D eigenvalue weighted by Gasteiger charge is 2.11. The number of benzene rings is 2. The summed E-state index contributed by atoms with van der Waals surface area (Å²) in [4.78, 5) is 14.3. The minimum Gasteiger partial charge on any atom is -0.483 e. The predicted octanol–water partition coefficient (Wildman–Crippen LogP) is 2.72. The highest BCUT2D eigenvalue weighted by molar-refractivity contribution is 7.80. The molecule has 1 amide bonds. The van der Waals surface area contributed by atoms with Crippen molar-refractivity contribution in [1.29, 1.82) is 0 Å². The second-order valence-electron chi connectivity index (χ2n) is 6.20. The van der Waals surface area contributed by atoms with E-state index >= 15 is 0 Å². The zero-order valence-corrected chi connectivity index (χ0v) is 16.1. The van der Waals surface area contributed by atoms with E-state index in [2.05, 4.69) is 15.5 Å². The fourth-order valence-corrected chi connectivity index (χ4v) is 3.00. The average molecular weight is 385 g/mol. The van der Waals surface area contributed by atoms with Crippen molar-refractivity contribution < 1.29 is 14.3 Å². The Morgan fingerprint density at radius 1 is 1.15 bits per heavy atom. The Bertz CT molecular complexity index is 789. The normalized spacial score (nSPS) is 13.7. The van der Waals surface area contributed by atoms with Crippen LogP contribution >= 0.6 is 12.2 Å². The third-order valence-corrected chi connectivity index (χ3v) is 4.41. The van der Waals surface area contributed by atoms with Gasteiger partial charge in [0.1, 0.15) is 5.75 Å². The number of rotatable bonds is 5. The number of carbonyl (C=O) groups excluding carboxylic acids is 1.